The van der Waals surface area contributed by atoms with Crippen LogP contribution in [0, 0.1) is 17.8 Å². The molecule has 2 aromatic rings. The Morgan fingerprint density at radius 1 is 1.05 bits per heavy atom. The lowest BCUT2D eigenvalue weighted by atomic mass is 9.62. The van der Waals surface area contributed by atoms with Crippen LogP contribution in [0.5, 0.6) is 23.0 Å². The number of esters is 1. The number of fused-ring (bicyclic) bond motifs is 2. The van der Waals surface area contributed by atoms with Gasteiger partial charge in [0.25, 0.3) is 0 Å². The minimum atomic E-state index is -0.564. The van der Waals surface area contributed by atoms with Crippen LogP contribution in [-0.2, 0) is 20.7 Å². The van der Waals surface area contributed by atoms with Gasteiger partial charge >= 0.3 is 5.97 Å². The number of carbonyl (C=O) groups is 2. The van der Waals surface area contributed by atoms with Crippen LogP contribution in [0.4, 0.5) is 0 Å². The molecule has 1 fully saturated rings. The Morgan fingerprint density at radius 3 is 2.53 bits per heavy atom. The first-order chi connectivity index (χ1) is 20.7. The standard InChI is InChI=1S/C35H43NO7/c1-20(37)43-24(9-5-22-8-12-32(39)34(14-22)41-3)15-23(38)16-28-25-10-6-21-7-11-26(27(25)13-21)31(19-36-2)29-17-33(40)35(42-4)18-30(28)29/h7-8,11-12,14,17-18,21,24-25,27-28,36,39-40H,5-6,9-10,13,15-16,19H2,1-4H3/t21-,24-,25-,27+,28+/m1/s1. The molecule has 0 aliphatic heterocycles. The molecule has 2 bridgehead atoms. The highest BCUT2D eigenvalue weighted by atomic mass is 16.5. The lowest BCUT2D eigenvalue weighted by molar-refractivity contribution is -0.147. The third-order valence-electron chi connectivity index (χ3n) is 9.42. The number of phenolic OH excluding ortho intramolecular Hbond substituents is 2. The van der Waals surface area contributed by atoms with E-state index >= 15 is 0 Å². The minimum absolute atomic E-state index is 0.0459. The molecule has 0 heterocycles. The fraction of sp³-hybridized carbons (Fsp3) is 0.486. The van der Waals surface area contributed by atoms with E-state index in [-0.39, 0.29) is 35.5 Å². The number of ether oxygens (including phenoxy) is 3. The number of ketones is 1. The number of allylic oxidation sites excluding steroid dienone is 3. The topological polar surface area (TPSA) is 114 Å². The quantitative estimate of drug-likeness (QED) is 0.270. The fourth-order valence-corrected chi connectivity index (χ4v) is 7.49. The van der Waals surface area contributed by atoms with Crippen molar-refractivity contribution >= 4 is 17.3 Å². The predicted molar refractivity (Wildman–Crippen MR) is 164 cm³/mol. The van der Waals surface area contributed by atoms with E-state index in [9.17, 15) is 19.8 Å². The van der Waals surface area contributed by atoms with Gasteiger partial charge in [-0.3, -0.25) is 9.59 Å². The van der Waals surface area contributed by atoms with Crippen molar-refractivity contribution < 1.29 is 34.0 Å². The molecule has 8 heteroatoms. The summed E-state index contributed by atoms with van der Waals surface area (Å²) in [5, 5.41) is 24.1. The van der Waals surface area contributed by atoms with E-state index in [1.165, 1.54) is 25.2 Å². The highest BCUT2D eigenvalue weighted by molar-refractivity contribution is 5.83. The van der Waals surface area contributed by atoms with E-state index in [4.69, 9.17) is 14.2 Å². The average molecular weight is 590 g/mol. The molecule has 8 nitrogen and oxygen atoms in total. The first-order valence-corrected chi connectivity index (χ1v) is 15.2. The van der Waals surface area contributed by atoms with Crippen LogP contribution in [-0.4, -0.2) is 55.9 Å². The molecule has 0 aromatic heterocycles. The van der Waals surface area contributed by atoms with Crippen molar-refractivity contribution in [2.75, 3.05) is 27.8 Å². The summed E-state index contributed by atoms with van der Waals surface area (Å²) in [7, 11) is 4.98. The normalized spacial score (nSPS) is 22.8. The number of aryl methyl sites for hydroxylation is 1. The monoisotopic (exact) mass is 589 g/mol. The largest absolute Gasteiger partial charge is 0.504 e. The van der Waals surface area contributed by atoms with Gasteiger partial charge in [0.05, 0.1) is 14.2 Å². The van der Waals surface area contributed by atoms with E-state index in [0.29, 0.717) is 49.1 Å². The maximum atomic E-state index is 13.9. The van der Waals surface area contributed by atoms with Crippen LogP contribution in [0.25, 0.3) is 5.57 Å². The van der Waals surface area contributed by atoms with Crippen LogP contribution in [0.15, 0.2) is 48.1 Å². The number of likely N-dealkylation sites (N-methyl/N-ethyl adjacent to an activating group) is 1. The second kappa shape index (κ2) is 13.2. The number of methoxy groups -OCH3 is 2. The Bertz CT molecular complexity index is 1430. The van der Waals surface area contributed by atoms with Gasteiger partial charge in [0.15, 0.2) is 23.0 Å². The van der Waals surface area contributed by atoms with Crippen molar-refractivity contribution in [1.29, 1.82) is 0 Å². The number of carbonyl (C=O) groups excluding carboxylic acids is 2. The molecule has 0 amide bonds. The SMILES string of the molecule is CNCC1=C2C=C[C@H]3CC[C@H]([C@@H]2C3)[C@H](CC(=O)C[C@@H](CCc2ccc(O)c(OC)c2)OC(C)=O)c2cc(OC)c(O)cc21. The Balaban J connectivity index is 1.43. The number of rotatable bonds is 12. The lowest BCUT2D eigenvalue weighted by Gasteiger charge is -2.42. The Kier molecular flexibility index (Phi) is 9.45. The summed E-state index contributed by atoms with van der Waals surface area (Å²) in [4.78, 5) is 25.9. The number of hydrogen-bond donors (Lipinski definition) is 3. The van der Waals surface area contributed by atoms with Crippen molar-refractivity contribution in [3.63, 3.8) is 0 Å². The molecular weight excluding hydrogens is 546 g/mol. The van der Waals surface area contributed by atoms with Gasteiger partial charge in [0, 0.05) is 26.3 Å². The van der Waals surface area contributed by atoms with E-state index in [1.54, 1.807) is 31.4 Å². The number of aromatic hydroxyl groups is 2. The molecule has 5 rings (SSSR count). The number of Topliss-reactive ketones (excluding diaryl/α,β-unsaturated/α-hetero) is 1. The molecule has 3 N–H and O–H groups in total. The summed E-state index contributed by atoms with van der Waals surface area (Å²) >= 11 is 0. The fourth-order valence-electron chi connectivity index (χ4n) is 7.49. The van der Waals surface area contributed by atoms with Gasteiger partial charge in [-0.15, -0.1) is 0 Å². The Morgan fingerprint density at radius 2 is 1.81 bits per heavy atom. The van der Waals surface area contributed by atoms with Crippen LogP contribution in [0.2, 0.25) is 0 Å². The molecule has 0 spiro atoms. The molecule has 5 atom stereocenters. The molecule has 3 aliphatic carbocycles. The highest BCUT2D eigenvalue weighted by Gasteiger charge is 2.43. The van der Waals surface area contributed by atoms with Crippen LogP contribution in [0.3, 0.4) is 0 Å². The molecule has 43 heavy (non-hydrogen) atoms. The average Bonchev–Trinajstić information content (AvgIpc) is 3.09. The number of nitrogens with one attached hydrogen (secondary N) is 1. The second-order valence-corrected chi connectivity index (χ2v) is 12.1. The molecule has 1 saturated carbocycles. The highest BCUT2D eigenvalue weighted by Crippen LogP contribution is 2.55. The first-order valence-electron chi connectivity index (χ1n) is 15.2. The molecule has 2 aromatic carbocycles. The van der Waals surface area contributed by atoms with Crippen molar-refractivity contribution in [3.05, 3.63) is 64.7 Å². The van der Waals surface area contributed by atoms with E-state index < -0.39 is 12.1 Å². The summed E-state index contributed by atoms with van der Waals surface area (Å²) in [6.07, 6.45) is 8.70. The van der Waals surface area contributed by atoms with Crippen molar-refractivity contribution in [2.24, 2.45) is 17.8 Å². The van der Waals surface area contributed by atoms with Gasteiger partial charge in [-0.25, -0.2) is 0 Å². The summed E-state index contributed by atoms with van der Waals surface area (Å²) in [5.41, 5.74) is 5.39. The lowest BCUT2D eigenvalue weighted by Crippen LogP contribution is -2.33. The molecule has 3 aliphatic rings. The second-order valence-electron chi connectivity index (χ2n) is 12.1. The maximum Gasteiger partial charge on any atom is 0.302 e. The van der Waals surface area contributed by atoms with Crippen molar-refractivity contribution in [3.8, 4) is 23.0 Å². The van der Waals surface area contributed by atoms with Gasteiger partial charge in [-0.05, 0) is 115 Å². The van der Waals surface area contributed by atoms with Gasteiger partial charge in [0.1, 0.15) is 11.9 Å². The zero-order chi connectivity index (χ0) is 30.7. The zero-order valence-electron chi connectivity index (χ0n) is 25.5. The molecule has 0 saturated heterocycles. The van der Waals surface area contributed by atoms with Crippen molar-refractivity contribution in [2.45, 2.75) is 63.9 Å². The minimum Gasteiger partial charge on any atom is -0.504 e. The number of benzene rings is 2. The smallest absolute Gasteiger partial charge is 0.302 e. The van der Waals surface area contributed by atoms with Crippen molar-refractivity contribution in [1.82, 2.24) is 5.32 Å². The van der Waals surface area contributed by atoms with Crippen LogP contribution < -0.4 is 14.8 Å². The van der Waals surface area contributed by atoms with Gasteiger partial charge in [-0.2, -0.15) is 0 Å². The molecule has 230 valence electrons. The summed E-state index contributed by atoms with van der Waals surface area (Å²) in [6.45, 7) is 2.02. The van der Waals surface area contributed by atoms with Gasteiger partial charge < -0.3 is 29.7 Å². The third-order valence-corrected chi connectivity index (χ3v) is 9.42. The first kappa shape index (κ1) is 30.7. The van der Waals surface area contributed by atoms with E-state index in [2.05, 4.69) is 17.5 Å². The maximum absolute atomic E-state index is 13.9. The molecular formula is C35H43NO7. The van der Waals surface area contributed by atoms with Crippen LogP contribution in [0.1, 0.15) is 68.1 Å². The van der Waals surface area contributed by atoms with E-state index in [0.717, 1.165) is 36.0 Å². The van der Waals surface area contributed by atoms with Gasteiger partial charge in [0.2, 0.25) is 0 Å². The molecule has 0 radical (unpaired) electrons. The zero-order valence-corrected chi connectivity index (χ0v) is 25.5. The van der Waals surface area contributed by atoms with Gasteiger partial charge in [-0.1, -0.05) is 18.2 Å². The summed E-state index contributed by atoms with van der Waals surface area (Å²) in [5.74, 6) is 1.66. The Labute approximate surface area is 253 Å². The van der Waals surface area contributed by atoms with Crippen LogP contribution >= 0.6 is 0 Å². The number of hydrogen-bond acceptors (Lipinski definition) is 8. The predicted octanol–water partition coefficient (Wildman–Crippen LogP) is 5.70. The molecule has 0 unspecified atom stereocenters. The summed E-state index contributed by atoms with van der Waals surface area (Å²) in [6, 6.07) is 8.87. The Hall–Kier alpha value is -3.78. The van der Waals surface area contributed by atoms with E-state index in [1.807, 2.05) is 13.1 Å². The number of phenols is 2. The third kappa shape index (κ3) is 6.59. The summed E-state index contributed by atoms with van der Waals surface area (Å²) < 4.78 is 16.4.